The third-order valence-electron chi connectivity index (χ3n) is 9.55. The van der Waals surface area contributed by atoms with Crippen molar-refractivity contribution in [3.8, 4) is 22.3 Å². The maximum absolute atomic E-state index is 5.96. The molecule has 0 bridgehead atoms. The predicted molar refractivity (Wildman–Crippen MR) is 216 cm³/mol. The molecule has 2 fully saturated rings. The number of aromatic nitrogens is 10. The number of pyridine rings is 4. The van der Waals surface area contributed by atoms with E-state index in [1.165, 1.54) is 0 Å². The molecule has 0 aliphatic carbocycles. The Bertz CT molecular complexity index is 2410. The number of nitrogens with zero attached hydrogens (tertiary/aromatic N) is 10. The number of fused-ring (bicyclic) bond motifs is 2. The maximum atomic E-state index is 5.96. The van der Waals surface area contributed by atoms with Crippen molar-refractivity contribution in [1.82, 2.24) is 49.7 Å². The highest BCUT2D eigenvalue weighted by Gasteiger charge is 2.16. The molecule has 0 aromatic carbocycles. The van der Waals surface area contributed by atoms with Crippen LogP contribution >= 0.6 is 11.6 Å². The Labute approximate surface area is 334 Å². The number of hydrogen-bond acceptors (Lipinski definition) is 13. The van der Waals surface area contributed by atoms with E-state index < -0.39 is 0 Å². The lowest BCUT2D eigenvalue weighted by Gasteiger charge is -2.22. The molecule has 2 aliphatic heterocycles. The minimum atomic E-state index is -0.144. The average Bonchev–Trinajstić information content (AvgIpc) is 3.93. The largest absolute Gasteiger partial charge is 0.353 e. The summed E-state index contributed by atoms with van der Waals surface area (Å²) in [4.78, 5) is 18.0. The van der Waals surface area contributed by atoms with E-state index in [-0.39, 0.29) is 12.6 Å². The molecule has 0 atom stereocenters. The lowest BCUT2D eigenvalue weighted by atomic mass is 10.1. The van der Waals surface area contributed by atoms with Crippen LogP contribution in [0.5, 0.6) is 0 Å². The predicted octanol–water partition coefficient (Wildman–Crippen LogP) is 7.60. The first-order chi connectivity index (χ1) is 27.9. The highest BCUT2D eigenvalue weighted by atomic mass is 35.5. The van der Waals surface area contributed by atoms with E-state index in [2.05, 4.69) is 54.5 Å². The summed E-state index contributed by atoms with van der Waals surface area (Å²) < 4.78 is 26.1. The van der Waals surface area contributed by atoms with Gasteiger partial charge in [-0.15, -0.1) is 5.10 Å². The maximum Gasteiger partial charge on any atom is 0.159 e. The minimum Gasteiger partial charge on any atom is -0.353 e. The molecule has 294 valence electrons. The van der Waals surface area contributed by atoms with Crippen LogP contribution < -0.4 is 5.32 Å². The molecule has 9 rings (SSSR count). The second-order valence-electron chi connectivity index (χ2n) is 14.1. The van der Waals surface area contributed by atoms with Crippen LogP contribution in [0.3, 0.4) is 0 Å². The molecule has 0 radical (unpaired) electrons. The van der Waals surface area contributed by atoms with Crippen LogP contribution in [0, 0.1) is 0 Å². The fraction of sp³-hybridized carbons (Fsp3) is 0.366. The van der Waals surface area contributed by atoms with Gasteiger partial charge in [0.15, 0.2) is 18.4 Å². The Hall–Kier alpha value is -5.45. The molecule has 0 spiro atoms. The van der Waals surface area contributed by atoms with Crippen LogP contribution in [0.2, 0.25) is 5.15 Å². The number of rotatable bonds is 11. The second-order valence-corrected chi connectivity index (χ2v) is 14.5. The molecule has 2 aliphatic rings. The van der Waals surface area contributed by atoms with Gasteiger partial charge in [-0.05, 0) is 66.8 Å². The first kappa shape index (κ1) is 38.4. The normalized spacial score (nSPS) is 15.2. The summed E-state index contributed by atoms with van der Waals surface area (Å²) in [6.07, 6.45) is 16.4. The number of aryl methyl sites for hydroxylation is 2. The van der Waals surface area contributed by atoms with Gasteiger partial charge in [0, 0.05) is 73.0 Å². The summed E-state index contributed by atoms with van der Waals surface area (Å²) in [7, 11) is 0. The van der Waals surface area contributed by atoms with Gasteiger partial charge >= 0.3 is 0 Å². The van der Waals surface area contributed by atoms with E-state index in [0.29, 0.717) is 22.7 Å². The monoisotopic (exact) mass is 789 g/mol. The zero-order chi connectivity index (χ0) is 39.0. The van der Waals surface area contributed by atoms with E-state index in [1.54, 1.807) is 12.3 Å². The topological polar surface area (TPSA) is 162 Å². The van der Waals surface area contributed by atoms with Crippen molar-refractivity contribution in [2.24, 2.45) is 0 Å². The smallest absolute Gasteiger partial charge is 0.159 e. The van der Waals surface area contributed by atoms with Crippen LogP contribution in [0.4, 0.5) is 11.6 Å². The number of anilines is 2. The molecule has 57 heavy (non-hydrogen) atoms. The number of halogens is 1. The Morgan fingerprint density at radius 1 is 0.649 bits per heavy atom. The van der Waals surface area contributed by atoms with Gasteiger partial charge in [0.1, 0.15) is 11.0 Å². The van der Waals surface area contributed by atoms with Crippen molar-refractivity contribution in [3.05, 3.63) is 96.6 Å². The first-order valence-corrected chi connectivity index (χ1v) is 19.6. The lowest BCUT2D eigenvalue weighted by Crippen LogP contribution is -2.26. The van der Waals surface area contributed by atoms with E-state index in [1.807, 2.05) is 82.9 Å². The van der Waals surface area contributed by atoms with Gasteiger partial charge in [-0.25, -0.2) is 9.97 Å². The van der Waals surface area contributed by atoms with Gasteiger partial charge in [0.2, 0.25) is 0 Å². The highest BCUT2D eigenvalue weighted by molar-refractivity contribution is 6.29. The van der Waals surface area contributed by atoms with Crippen LogP contribution in [0.1, 0.15) is 51.0 Å². The molecular formula is C41H44ClN11O4. The Kier molecular flexibility index (Phi) is 12.3. The quantitative estimate of drug-likeness (QED) is 0.128. The zero-order valence-electron chi connectivity index (χ0n) is 31.9. The standard InChI is InChI=1S/C24H27N7O2.C17H17ClN4O2/c1-16(2)17-11-23(30-26-13-17)29-22-5-4-20-21(28-22)10-18(12-25-20)19-14-27-31(15-19)7-6-24-32-8-3-9-33-24;18-16-3-2-14-15(21-16)8-12(9-19-14)13-10-20-22(11-13)5-4-17-23-6-1-7-24-17/h4-5,10-16,24H,3,6-9H2,1-2H3,(H,28,29,30);2-3,8-11,17H,1,4-7H2. The van der Waals surface area contributed by atoms with E-state index >= 15 is 0 Å². The van der Waals surface area contributed by atoms with Gasteiger partial charge in [-0.3, -0.25) is 19.3 Å². The number of nitrogens with one attached hydrogen (secondary N) is 1. The molecule has 2 saturated heterocycles. The molecule has 0 unspecified atom stereocenters. The SMILES string of the molecule is CC(C)c1cnnc(Nc2ccc3ncc(-c4cnn(CCC5OCCCO5)c4)cc3n2)c1.Clc1ccc2ncc(-c3cnn(CCC4OCCCO4)c3)cc2n1. The summed E-state index contributed by atoms with van der Waals surface area (Å²) in [6.45, 7) is 8.80. The van der Waals surface area contributed by atoms with Gasteiger partial charge in [-0.1, -0.05) is 25.4 Å². The third kappa shape index (κ3) is 10.1. The van der Waals surface area contributed by atoms with Crippen molar-refractivity contribution in [1.29, 1.82) is 0 Å². The van der Waals surface area contributed by atoms with Crippen molar-refractivity contribution in [2.75, 3.05) is 31.7 Å². The number of hydrogen-bond donors (Lipinski definition) is 1. The molecule has 0 saturated carbocycles. The van der Waals surface area contributed by atoms with Gasteiger partial charge in [0.25, 0.3) is 0 Å². The molecule has 7 aromatic heterocycles. The first-order valence-electron chi connectivity index (χ1n) is 19.2. The summed E-state index contributed by atoms with van der Waals surface area (Å²) in [5.41, 5.74) is 8.25. The van der Waals surface area contributed by atoms with Crippen molar-refractivity contribution in [3.63, 3.8) is 0 Å². The molecule has 9 heterocycles. The van der Waals surface area contributed by atoms with Gasteiger partial charge in [-0.2, -0.15) is 15.3 Å². The highest BCUT2D eigenvalue weighted by Crippen LogP contribution is 2.26. The molecular weight excluding hydrogens is 746 g/mol. The van der Waals surface area contributed by atoms with Gasteiger partial charge in [0.05, 0.1) is 67.1 Å². The summed E-state index contributed by atoms with van der Waals surface area (Å²) >= 11 is 5.96. The Morgan fingerprint density at radius 3 is 1.79 bits per heavy atom. The fourth-order valence-electron chi connectivity index (χ4n) is 6.42. The van der Waals surface area contributed by atoms with Gasteiger partial charge < -0.3 is 24.3 Å². The lowest BCUT2D eigenvalue weighted by molar-refractivity contribution is -0.182. The second kappa shape index (κ2) is 18.2. The van der Waals surface area contributed by atoms with E-state index in [0.717, 1.165) is 115 Å². The van der Waals surface area contributed by atoms with E-state index in [4.69, 9.17) is 35.5 Å². The molecule has 16 heteroatoms. The van der Waals surface area contributed by atoms with Crippen molar-refractivity contribution in [2.45, 2.75) is 71.1 Å². The average molecular weight is 790 g/mol. The third-order valence-corrected chi connectivity index (χ3v) is 9.76. The fourth-order valence-corrected chi connectivity index (χ4v) is 6.57. The molecule has 0 amide bonds. The molecule has 1 N–H and O–H groups in total. The zero-order valence-corrected chi connectivity index (χ0v) is 32.6. The molecule has 15 nitrogen and oxygen atoms in total. The minimum absolute atomic E-state index is 0.125. The van der Waals surface area contributed by atoms with Crippen LogP contribution in [0.25, 0.3) is 44.3 Å². The summed E-state index contributed by atoms with van der Waals surface area (Å²) in [5, 5.41) is 20.9. The Morgan fingerprint density at radius 2 is 1.21 bits per heavy atom. The number of ether oxygens (including phenoxy) is 4. The van der Waals surface area contributed by atoms with E-state index in [9.17, 15) is 0 Å². The molecule has 7 aromatic rings. The summed E-state index contributed by atoms with van der Waals surface area (Å²) in [5.74, 6) is 1.74. The summed E-state index contributed by atoms with van der Waals surface area (Å²) in [6, 6.07) is 13.4. The van der Waals surface area contributed by atoms with Crippen LogP contribution in [-0.2, 0) is 32.0 Å². The van der Waals surface area contributed by atoms with Crippen LogP contribution in [-0.4, -0.2) is 88.7 Å². The van der Waals surface area contributed by atoms with Crippen molar-refractivity contribution >= 4 is 45.3 Å². The van der Waals surface area contributed by atoms with Crippen molar-refractivity contribution < 1.29 is 18.9 Å². The van der Waals surface area contributed by atoms with Crippen LogP contribution in [0.15, 0.2) is 85.8 Å². The Balaban J connectivity index is 0.000000168.